The third-order valence-electron chi connectivity index (χ3n) is 1.39. The summed E-state index contributed by atoms with van der Waals surface area (Å²) >= 11 is 0. The van der Waals surface area contributed by atoms with Gasteiger partial charge in [0.2, 0.25) is 0 Å². The van der Waals surface area contributed by atoms with Crippen LogP contribution in [0.5, 0.6) is 0 Å². The van der Waals surface area contributed by atoms with Crippen LogP contribution < -0.4 is 0 Å². The standard InChI is InChI=1S/C10H19/c1-4-5-6-7-8-9-10(2)3/h8-10H,1,4-7H2,2-3H3. The molecule has 0 spiro atoms. The van der Waals surface area contributed by atoms with Crippen LogP contribution in [0.3, 0.4) is 0 Å². The van der Waals surface area contributed by atoms with Crippen molar-refractivity contribution in [2.24, 2.45) is 5.92 Å². The van der Waals surface area contributed by atoms with Crippen molar-refractivity contribution in [2.45, 2.75) is 39.5 Å². The predicted molar refractivity (Wildman–Crippen MR) is 47.8 cm³/mol. The highest BCUT2D eigenvalue weighted by Crippen LogP contribution is 2.01. The van der Waals surface area contributed by atoms with Gasteiger partial charge in [0.15, 0.2) is 0 Å². The van der Waals surface area contributed by atoms with Gasteiger partial charge in [0, 0.05) is 0 Å². The quantitative estimate of drug-likeness (QED) is 0.403. The molecule has 0 aromatic rings. The molecule has 0 aliphatic carbocycles. The van der Waals surface area contributed by atoms with E-state index in [9.17, 15) is 0 Å². The van der Waals surface area contributed by atoms with Crippen LogP contribution in [0, 0.1) is 12.8 Å². The Hall–Kier alpha value is -0.260. The lowest BCUT2D eigenvalue weighted by molar-refractivity contribution is 0.750. The Bertz CT molecular complexity index is 80.0. The minimum Gasteiger partial charge on any atom is -0.0883 e. The second kappa shape index (κ2) is 6.85. The normalized spacial score (nSPS) is 11.6. The summed E-state index contributed by atoms with van der Waals surface area (Å²) in [5.74, 6) is 0.708. The van der Waals surface area contributed by atoms with Crippen LogP contribution in [0.25, 0.3) is 0 Å². The second-order valence-corrected chi connectivity index (χ2v) is 3.02. The number of unbranched alkanes of at least 4 members (excludes halogenated alkanes) is 3. The monoisotopic (exact) mass is 139 g/mol. The molecule has 1 radical (unpaired) electrons. The summed E-state index contributed by atoms with van der Waals surface area (Å²) in [6.45, 7) is 8.21. The van der Waals surface area contributed by atoms with Crippen molar-refractivity contribution in [1.29, 1.82) is 0 Å². The van der Waals surface area contributed by atoms with E-state index in [1.165, 1.54) is 19.3 Å². The fourth-order valence-corrected chi connectivity index (χ4v) is 0.807. The van der Waals surface area contributed by atoms with Crippen LogP contribution in [0.4, 0.5) is 0 Å². The van der Waals surface area contributed by atoms with Gasteiger partial charge in [-0.3, -0.25) is 0 Å². The summed E-state index contributed by atoms with van der Waals surface area (Å²) in [4.78, 5) is 0. The minimum atomic E-state index is 0.708. The van der Waals surface area contributed by atoms with Crippen LogP contribution in [-0.2, 0) is 0 Å². The molecule has 0 unspecified atom stereocenters. The first-order valence-electron chi connectivity index (χ1n) is 4.23. The Balaban J connectivity index is 3.02. The predicted octanol–water partition coefficient (Wildman–Crippen LogP) is 3.59. The van der Waals surface area contributed by atoms with Gasteiger partial charge in [-0.2, -0.15) is 0 Å². The van der Waals surface area contributed by atoms with E-state index in [-0.39, 0.29) is 0 Å². The molecule has 0 saturated carbocycles. The zero-order valence-electron chi connectivity index (χ0n) is 7.27. The summed E-state index contributed by atoms with van der Waals surface area (Å²) < 4.78 is 0. The summed E-state index contributed by atoms with van der Waals surface area (Å²) in [5, 5.41) is 0. The van der Waals surface area contributed by atoms with E-state index in [1.54, 1.807) is 0 Å². The van der Waals surface area contributed by atoms with Gasteiger partial charge in [-0.05, 0) is 18.8 Å². The van der Waals surface area contributed by atoms with Crippen molar-refractivity contribution >= 4 is 0 Å². The Kier molecular flexibility index (Phi) is 6.68. The maximum absolute atomic E-state index is 3.79. The molecule has 0 atom stereocenters. The zero-order valence-corrected chi connectivity index (χ0v) is 7.27. The van der Waals surface area contributed by atoms with E-state index in [1.807, 2.05) is 0 Å². The molecule has 0 saturated heterocycles. The Morgan fingerprint density at radius 2 is 2.00 bits per heavy atom. The minimum absolute atomic E-state index is 0.708. The van der Waals surface area contributed by atoms with Gasteiger partial charge in [-0.15, -0.1) is 0 Å². The highest BCUT2D eigenvalue weighted by molar-refractivity contribution is 4.83. The molecule has 59 valence electrons. The lowest BCUT2D eigenvalue weighted by Crippen LogP contribution is -1.77. The van der Waals surface area contributed by atoms with Crippen molar-refractivity contribution in [3.8, 4) is 0 Å². The van der Waals surface area contributed by atoms with Crippen LogP contribution in [-0.4, -0.2) is 0 Å². The van der Waals surface area contributed by atoms with Crippen molar-refractivity contribution in [2.75, 3.05) is 0 Å². The van der Waals surface area contributed by atoms with Gasteiger partial charge in [0.25, 0.3) is 0 Å². The molecule has 0 rings (SSSR count). The molecule has 0 N–H and O–H groups in total. The number of allylic oxidation sites excluding steroid dienone is 2. The van der Waals surface area contributed by atoms with Crippen molar-refractivity contribution < 1.29 is 0 Å². The Labute approximate surface area is 65.3 Å². The van der Waals surface area contributed by atoms with Gasteiger partial charge in [0.1, 0.15) is 0 Å². The molecule has 0 aliphatic heterocycles. The average Bonchev–Trinajstić information content (AvgIpc) is 1.87. The van der Waals surface area contributed by atoms with E-state index in [0.717, 1.165) is 6.42 Å². The van der Waals surface area contributed by atoms with Crippen LogP contribution in [0.15, 0.2) is 12.2 Å². The molecule has 0 heterocycles. The SMILES string of the molecule is [CH2]CCCCC=CC(C)C. The molecule has 0 aliphatic rings. The lowest BCUT2D eigenvalue weighted by Gasteiger charge is -1.94. The van der Waals surface area contributed by atoms with Gasteiger partial charge < -0.3 is 0 Å². The topological polar surface area (TPSA) is 0 Å². The van der Waals surface area contributed by atoms with E-state index >= 15 is 0 Å². The zero-order chi connectivity index (χ0) is 7.82. The maximum atomic E-state index is 3.79. The van der Waals surface area contributed by atoms with Crippen LogP contribution in [0.2, 0.25) is 0 Å². The molecule has 0 nitrogen and oxygen atoms in total. The van der Waals surface area contributed by atoms with Crippen molar-refractivity contribution in [3.05, 3.63) is 19.1 Å². The largest absolute Gasteiger partial charge is 0.0883 e. The molecule has 0 amide bonds. The molecule has 0 aromatic carbocycles. The van der Waals surface area contributed by atoms with Gasteiger partial charge in [-0.1, -0.05) is 45.8 Å². The number of rotatable bonds is 5. The molecule has 10 heavy (non-hydrogen) atoms. The van der Waals surface area contributed by atoms with Crippen molar-refractivity contribution in [1.82, 2.24) is 0 Å². The molecule has 0 bridgehead atoms. The van der Waals surface area contributed by atoms with Crippen molar-refractivity contribution in [3.63, 3.8) is 0 Å². The van der Waals surface area contributed by atoms with E-state index in [0.29, 0.717) is 5.92 Å². The van der Waals surface area contributed by atoms with Gasteiger partial charge in [0.05, 0.1) is 0 Å². The van der Waals surface area contributed by atoms with Gasteiger partial charge in [-0.25, -0.2) is 0 Å². The molecule has 0 heteroatoms. The van der Waals surface area contributed by atoms with E-state index < -0.39 is 0 Å². The summed E-state index contributed by atoms with van der Waals surface area (Å²) in [7, 11) is 0. The molecular formula is C10H19. The first-order valence-corrected chi connectivity index (χ1v) is 4.23. The average molecular weight is 139 g/mol. The number of hydrogen-bond donors (Lipinski definition) is 0. The maximum Gasteiger partial charge on any atom is -0.0290 e. The molecule has 0 aromatic heterocycles. The molecule has 0 fully saturated rings. The lowest BCUT2D eigenvalue weighted by atomic mass is 10.1. The Morgan fingerprint density at radius 3 is 2.50 bits per heavy atom. The van der Waals surface area contributed by atoms with Crippen LogP contribution in [0.1, 0.15) is 39.5 Å². The highest BCUT2D eigenvalue weighted by Gasteiger charge is 1.83. The highest BCUT2D eigenvalue weighted by atomic mass is 13.9. The third-order valence-corrected chi connectivity index (χ3v) is 1.39. The number of hydrogen-bond acceptors (Lipinski definition) is 0. The van der Waals surface area contributed by atoms with E-state index in [4.69, 9.17) is 0 Å². The van der Waals surface area contributed by atoms with Crippen LogP contribution >= 0.6 is 0 Å². The van der Waals surface area contributed by atoms with Gasteiger partial charge >= 0.3 is 0 Å². The summed E-state index contributed by atoms with van der Waals surface area (Å²) in [5.41, 5.74) is 0. The van der Waals surface area contributed by atoms with E-state index in [2.05, 4.69) is 32.9 Å². The second-order valence-electron chi connectivity index (χ2n) is 3.02. The molecular weight excluding hydrogens is 120 g/mol. The Morgan fingerprint density at radius 1 is 1.30 bits per heavy atom. The summed E-state index contributed by atoms with van der Waals surface area (Å²) in [6, 6.07) is 0. The fourth-order valence-electron chi connectivity index (χ4n) is 0.807. The first-order chi connectivity index (χ1) is 4.77. The third kappa shape index (κ3) is 7.74. The first kappa shape index (κ1) is 9.74. The fraction of sp³-hybridized carbons (Fsp3) is 0.700. The summed E-state index contributed by atoms with van der Waals surface area (Å²) in [6.07, 6.45) is 9.42. The smallest absolute Gasteiger partial charge is 0.0290 e.